The minimum absolute atomic E-state index is 0.0408. The number of rotatable bonds is 4. The van der Waals surface area contributed by atoms with Gasteiger partial charge in [-0.3, -0.25) is 4.79 Å². The molecule has 0 aromatic heterocycles. The molecule has 2 unspecified atom stereocenters. The molecule has 1 aliphatic rings. The predicted octanol–water partition coefficient (Wildman–Crippen LogP) is 2.81. The van der Waals surface area contributed by atoms with Crippen molar-refractivity contribution in [3.8, 4) is 0 Å². The molecule has 0 aliphatic carbocycles. The van der Waals surface area contributed by atoms with Crippen LogP contribution in [-0.4, -0.2) is 25.0 Å². The van der Waals surface area contributed by atoms with E-state index in [1.54, 1.807) is 0 Å². The summed E-state index contributed by atoms with van der Waals surface area (Å²) in [6.45, 7) is 8.08. The molecule has 1 aromatic rings. The second kappa shape index (κ2) is 6.89. The molecular formula is C17H26N2O. The largest absolute Gasteiger partial charge is 0.350 e. The summed E-state index contributed by atoms with van der Waals surface area (Å²) in [6, 6.07) is 6.41. The summed E-state index contributed by atoms with van der Waals surface area (Å²) >= 11 is 0. The molecule has 2 N–H and O–H groups in total. The summed E-state index contributed by atoms with van der Waals surface area (Å²) in [5, 5.41) is 6.62. The lowest BCUT2D eigenvalue weighted by Crippen LogP contribution is -2.48. The van der Waals surface area contributed by atoms with E-state index in [0.717, 1.165) is 29.8 Å². The van der Waals surface area contributed by atoms with Crippen LogP contribution in [0.1, 0.15) is 47.7 Å². The number of aryl methyl sites for hydroxylation is 2. The molecule has 110 valence electrons. The molecule has 3 heteroatoms. The number of piperidine rings is 1. The number of benzene rings is 1. The lowest BCUT2D eigenvalue weighted by atomic mass is 9.88. The van der Waals surface area contributed by atoms with Gasteiger partial charge in [0, 0.05) is 18.2 Å². The zero-order valence-electron chi connectivity index (χ0n) is 12.8. The van der Waals surface area contributed by atoms with Crippen LogP contribution in [0.5, 0.6) is 0 Å². The van der Waals surface area contributed by atoms with Crippen LogP contribution in [0, 0.1) is 19.8 Å². The average Bonchev–Trinajstić information content (AvgIpc) is 2.44. The van der Waals surface area contributed by atoms with Crippen molar-refractivity contribution in [2.24, 2.45) is 5.92 Å². The van der Waals surface area contributed by atoms with Crippen LogP contribution in [-0.2, 0) is 0 Å². The highest BCUT2D eigenvalue weighted by atomic mass is 16.1. The van der Waals surface area contributed by atoms with Crippen LogP contribution >= 0.6 is 0 Å². The van der Waals surface area contributed by atoms with Gasteiger partial charge in [0.2, 0.25) is 0 Å². The van der Waals surface area contributed by atoms with Crippen LogP contribution in [0.2, 0.25) is 0 Å². The smallest absolute Gasteiger partial charge is 0.251 e. The standard InChI is InChI=1S/C17H26N2O/c1-4-14-6-5-7-18-16(14)11-19-17(20)15-9-12(2)8-13(3)10-15/h8-10,14,16,18H,4-7,11H2,1-3H3,(H,19,20). The van der Waals surface area contributed by atoms with Gasteiger partial charge in [-0.05, 0) is 51.3 Å². The minimum Gasteiger partial charge on any atom is -0.350 e. The molecule has 0 saturated carbocycles. The van der Waals surface area contributed by atoms with Gasteiger partial charge in [-0.15, -0.1) is 0 Å². The predicted molar refractivity (Wildman–Crippen MR) is 83.1 cm³/mol. The molecule has 2 rings (SSSR count). The second-order valence-electron chi connectivity index (χ2n) is 5.96. The summed E-state index contributed by atoms with van der Waals surface area (Å²) in [4.78, 5) is 12.2. The fourth-order valence-electron chi connectivity index (χ4n) is 3.16. The van der Waals surface area contributed by atoms with Gasteiger partial charge in [0.15, 0.2) is 0 Å². The summed E-state index contributed by atoms with van der Waals surface area (Å²) in [5.74, 6) is 0.724. The Kier molecular flexibility index (Phi) is 5.18. The first kappa shape index (κ1) is 15.0. The van der Waals surface area contributed by atoms with Gasteiger partial charge in [-0.1, -0.05) is 30.5 Å². The Morgan fingerprint density at radius 1 is 1.30 bits per heavy atom. The molecule has 0 bridgehead atoms. The number of carbonyl (C=O) groups is 1. The molecule has 1 fully saturated rings. The lowest BCUT2D eigenvalue weighted by Gasteiger charge is -2.32. The first-order chi connectivity index (χ1) is 9.60. The highest BCUT2D eigenvalue weighted by Gasteiger charge is 2.23. The zero-order chi connectivity index (χ0) is 14.5. The van der Waals surface area contributed by atoms with E-state index in [2.05, 4.69) is 23.6 Å². The second-order valence-corrected chi connectivity index (χ2v) is 5.96. The van der Waals surface area contributed by atoms with Crippen molar-refractivity contribution in [3.05, 3.63) is 34.9 Å². The van der Waals surface area contributed by atoms with Crippen LogP contribution in [0.25, 0.3) is 0 Å². The fraction of sp³-hybridized carbons (Fsp3) is 0.588. The first-order valence-corrected chi connectivity index (χ1v) is 7.70. The van der Waals surface area contributed by atoms with Gasteiger partial charge >= 0.3 is 0 Å². The van der Waals surface area contributed by atoms with Crippen molar-refractivity contribution >= 4 is 5.91 Å². The summed E-state index contributed by atoms with van der Waals surface area (Å²) in [5.41, 5.74) is 3.04. The highest BCUT2D eigenvalue weighted by molar-refractivity contribution is 5.94. The van der Waals surface area contributed by atoms with Crippen molar-refractivity contribution < 1.29 is 4.79 Å². The fourth-order valence-corrected chi connectivity index (χ4v) is 3.16. The maximum absolute atomic E-state index is 12.2. The van der Waals surface area contributed by atoms with Gasteiger partial charge in [0.05, 0.1) is 0 Å². The Labute approximate surface area is 122 Å². The number of hydrogen-bond donors (Lipinski definition) is 2. The zero-order valence-corrected chi connectivity index (χ0v) is 12.8. The maximum Gasteiger partial charge on any atom is 0.251 e. The molecule has 3 nitrogen and oxygen atoms in total. The Morgan fingerprint density at radius 3 is 2.65 bits per heavy atom. The molecule has 1 aliphatic heterocycles. The SMILES string of the molecule is CCC1CCCNC1CNC(=O)c1cc(C)cc(C)c1. The Bertz CT molecular complexity index is 450. The third-order valence-corrected chi connectivity index (χ3v) is 4.22. The van der Waals surface area contributed by atoms with Crippen LogP contribution < -0.4 is 10.6 Å². The van der Waals surface area contributed by atoms with Crippen LogP contribution in [0.4, 0.5) is 0 Å². The quantitative estimate of drug-likeness (QED) is 0.886. The van der Waals surface area contributed by atoms with Gasteiger partial charge in [0.25, 0.3) is 5.91 Å². The summed E-state index contributed by atoms with van der Waals surface area (Å²) in [7, 11) is 0. The molecule has 0 radical (unpaired) electrons. The van der Waals surface area contributed by atoms with E-state index in [4.69, 9.17) is 0 Å². The van der Waals surface area contributed by atoms with E-state index < -0.39 is 0 Å². The van der Waals surface area contributed by atoms with Gasteiger partial charge in [0.1, 0.15) is 0 Å². The third-order valence-electron chi connectivity index (χ3n) is 4.22. The van der Waals surface area contributed by atoms with Crippen molar-refractivity contribution in [1.29, 1.82) is 0 Å². The molecule has 0 spiro atoms. The summed E-state index contributed by atoms with van der Waals surface area (Å²) in [6.07, 6.45) is 3.70. The Morgan fingerprint density at radius 2 is 2.00 bits per heavy atom. The molecule has 20 heavy (non-hydrogen) atoms. The third kappa shape index (κ3) is 3.83. The van der Waals surface area contributed by atoms with Crippen molar-refractivity contribution in [1.82, 2.24) is 10.6 Å². The molecule has 1 amide bonds. The Hall–Kier alpha value is -1.35. The van der Waals surface area contributed by atoms with E-state index in [1.807, 2.05) is 26.0 Å². The number of nitrogens with one attached hydrogen (secondary N) is 2. The van der Waals surface area contributed by atoms with Gasteiger partial charge < -0.3 is 10.6 Å². The topological polar surface area (TPSA) is 41.1 Å². The number of hydrogen-bond acceptors (Lipinski definition) is 2. The highest BCUT2D eigenvalue weighted by Crippen LogP contribution is 2.19. The van der Waals surface area contributed by atoms with E-state index in [0.29, 0.717) is 12.0 Å². The van der Waals surface area contributed by atoms with Gasteiger partial charge in [-0.2, -0.15) is 0 Å². The molecule has 1 heterocycles. The van der Waals surface area contributed by atoms with E-state index in [-0.39, 0.29) is 5.91 Å². The molecular weight excluding hydrogens is 248 g/mol. The van der Waals surface area contributed by atoms with E-state index >= 15 is 0 Å². The molecule has 2 atom stereocenters. The van der Waals surface area contributed by atoms with Crippen LogP contribution in [0.3, 0.4) is 0 Å². The van der Waals surface area contributed by atoms with Gasteiger partial charge in [-0.25, -0.2) is 0 Å². The maximum atomic E-state index is 12.2. The van der Waals surface area contributed by atoms with Crippen molar-refractivity contribution in [3.63, 3.8) is 0 Å². The Balaban J connectivity index is 1.94. The van der Waals surface area contributed by atoms with Crippen molar-refractivity contribution in [2.45, 2.75) is 46.1 Å². The molecule has 1 saturated heterocycles. The van der Waals surface area contributed by atoms with Crippen molar-refractivity contribution in [2.75, 3.05) is 13.1 Å². The number of carbonyl (C=O) groups excluding carboxylic acids is 1. The normalized spacial score (nSPS) is 22.6. The van der Waals surface area contributed by atoms with Crippen LogP contribution in [0.15, 0.2) is 18.2 Å². The lowest BCUT2D eigenvalue weighted by molar-refractivity contribution is 0.0942. The van der Waals surface area contributed by atoms with E-state index in [1.165, 1.54) is 19.3 Å². The average molecular weight is 274 g/mol. The monoisotopic (exact) mass is 274 g/mol. The first-order valence-electron chi connectivity index (χ1n) is 7.70. The van der Waals surface area contributed by atoms with E-state index in [9.17, 15) is 4.79 Å². The minimum atomic E-state index is 0.0408. The molecule has 1 aromatic carbocycles. The number of amides is 1. The summed E-state index contributed by atoms with van der Waals surface area (Å²) < 4.78 is 0.